The SMILES string of the molecule is CCCCC/C=C\C/C=C\CCCCCCCCCC(=O)O[C@H](COC(=O)CCC/C=C\C/C=C\C=C\[C@H](O)C/C=C\CCCCC)COP(=O)(O)OC[C@H](N)C(=O)O. The number of allylic oxidation sites excluding steroid dienone is 10. The zero-order valence-corrected chi connectivity index (χ0v) is 37.1. The minimum atomic E-state index is -4.75. The molecule has 0 bridgehead atoms. The van der Waals surface area contributed by atoms with Crippen molar-refractivity contribution in [2.45, 2.75) is 180 Å². The Morgan fingerprint density at radius 2 is 1.12 bits per heavy atom. The van der Waals surface area contributed by atoms with E-state index in [1.54, 1.807) is 6.08 Å². The highest BCUT2D eigenvalue weighted by Crippen LogP contribution is 2.43. The lowest BCUT2D eigenvalue weighted by molar-refractivity contribution is -0.161. The summed E-state index contributed by atoms with van der Waals surface area (Å²) in [4.78, 5) is 46.0. The van der Waals surface area contributed by atoms with Gasteiger partial charge in [0, 0.05) is 12.8 Å². The lowest BCUT2D eigenvalue weighted by Gasteiger charge is -2.20. The molecular weight excluding hydrogens is 773 g/mol. The first kappa shape index (κ1) is 55.9. The second-order valence-corrected chi connectivity index (χ2v) is 16.1. The van der Waals surface area contributed by atoms with Gasteiger partial charge in [0.2, 0.25) is 0 Å². The van der Waals surface area contributed by atoms with E-state index >= 15 is 0 Å². The fourth-order valence-electron chi connectivity index (χ4n) is 5.46. The standard InChI is InChI=1S/C46H78NO11P/c1-3-5-7-9-11-12-13-14-15-16-17-18-19-20-25-29-33-37-45(50)58-42(39-56-59(53,54)57-40-43(47)46(51)52)38-55-44(49)36-32-28-24-22-21-23-27-31-35-41(48)34-30-26-10-8-6-4-2/h11-12,14-15,22-24,26-27,30-31,35,41-43,48H,3-10,13,16-21,25,28-29,32-34,36-40,47H2,1-2H3,(H,51,52)(H,53,54)/b12-11-,15-14-,24-22-,27-23-,30-26-,35-31+/t41-,42-,43+/m1/s1. The molecule has 0 fully saturated rings. The molecule has 13 heteroatoms. The maximum atomic E-state index is 12.6. The Bertz CT molecular complexity index is 1290. The molecule has 0 aliphatic rings. The Hall–Kier alpha value is -3.12. The number of phosphoric ester groups is 1. The van der Waals surface area contributed by atoms with Gasteiger partial charge < -0.3 is 30.3 Å². The van der Waals surface area contributed by atoms with Crippen molar-refractivity contribution in [1.82, 2.24) is 0 Å². The van der Waals surface area contributed by atoms with Gasteiger partial charge in [0.15, 0.2) is 6.10 Å². The molecule has 0 aliphatic heterocycles. The zero-order valence-electron chi connectivity index (χ0n) is 36.2. The number of hydrogen-bond donors (Lipinski definition) is 4. The second-order valence-electron chi connectivity index (χ2n) is 14.7. The van der Waals surface area contributed by atoms with E-state index in [0.717, 1.165) is 57.8 Å². The first-order valence-corrected chi connectivity index (χ1v) is 23.6. The molecule has 338 valence electrons. The van der Waals surface area contributed by atoms with Crippen molar-refractivity contribution in [3.63, 3.8) is 0 Å². The van der Waals surface area contributed by atoms with Crippen LogP contribution in [0.5, 0.6) is 0 Å². The number of carbonyl (C=O) groups is 3. The van der Waals surface area contributed by atoms with Gasteiger partial charge in [-0.2, -0.15) is 0 Å². The number of aliphatic hydroxyl groups is 1. The molecule has 0 aliphatic carbocycles. The monoisotopic (exact) mass is 852 g/mol. The minimum Gasteiger partial charge on any atom is -0.480 e. The average molecular weight is 852 g/mol. The summed E-state index contributed by atoms with van der Waals surface area (Å²) < 4.78 is 32.6. The largest absolute Gasteiger partial charge is 0.480 e. The Morgan fingerprint density at radius 1 is 0.610 bits per heavy atom. The molecule has 4 atom stereocenters. The number of unbranched alkanes of at least 4 members (excludes halogenated alkanes) is 14. The van der Waals surface area contributed by atoms with Gasteiger partial charge in [-0.05, 0) is 77.0 Å². The van der Waals surface area contributed by atoms with E-state index in [2.05, 4.69) is 48.8 Å². The fraction of sp³-hybridized carbons (Fsp3) is 0.674. The van der Waals surface area contributed by atoms with Crippen LogP contribution in [-0.4, -0.2) is 71.1 Å². The Kier molecular flexibility index (Phi) is 38.2. The minimum absolute atomic E-state index is 0.109. The van der Waals surface area contributed by atoms with Crippen LogP contribution in [0.3, 0.4) is 0 Å². The van der Waals surface area contributed by atoms with Crippen LogP contribution in [0.25, 0.3) is 0 Å². The van der Waals surface area contributed by atoms with Crippen LogP contribution in [0.2, 0.25) is 0 Å². The summed E-state index contributed by atoms with van der Waals surface area (Å²) in [6.07, 6.45) is 44.2. The molecule has 0 aromatic heterocycles. The van der Waals surface area contributed by atoms with Crippen molar-refractivity contribution in [2.75, 3.05) is 19.8 Å². The molecule has 0 radical (unpaired) electrons. The summed E-state index contributed by atoms with van der Waals surface area (Å²) in [7, 11) is -4.75. The predicted octanol–water partition coefficient (Wildman–Crippen LogP) is 10.7. The van der Waals surface area contributed by atoms with Crippen LogP contribution >= 0.6 is 7.82 Å². The normalized spacial score (nSPS) is 14.9. The van der Waals surface area contributed by atoms with Gasteiger partial charge in [-0.1, -0.05) is 145 Å². The molecular formula is C46H78NO11P. The van der Waals surface area contributed by atoms with Crippen LogP contribution in [0.1, 0.15) is 162 Å². The lowest BCUT2D eigenvalue weighted by atomic mass is 10.1. The van der Waals surface area contributed by atoms with E-state index in [0.29, 0.717) is 32.1 Å². The number of esters is 2. The number of aliphatic carboxylic acids is 1. The van der Waals surface area contributed by atoms with Crippen molar-refractivity contribution in [1.29, 1.82) is 0 Å². The van der Waals surface area contributed by atoms with Gasteiger partial charge in [0.1, 0.15) is 12.6 Å². The molecule has 0 saturated carbocycles. The number of carboxylic acids is 1. The third kappa shape index (κ3) is 40.1. The lowest BCUT2D eigenvalue weighted by Crippen LogP contribution is -2.34. The fourth-order valence-corrected chi connectivity index (χ4v) is 6.24. The first-order chi connectivity index (χ1) is 28.5. The van der Waals surface area contributed by atoms with E-state index in [-0.39, 0.29) is 12.8 Å². The highest BCUT2D eigenvalue weighted by Gasteiger charge is 2.28. The van der Waals surface area contributed by atoms with Crippen LogP contribution in [0.15, 0.2) is 72.9 Å². The van der Waals surface area contributed by atoms with E-state index in [1.807, 2.05) is 36.5 Å². The molecule has 5 N–H and O–H groups in total. The topological polar surface area (TPSA) is 192 Å². The van der Waals surface area contributed by atoms with Crippen LogP contribution < -0.4 is 5.73 Å². The van der Waals surface area contributed by atoms with Crippen molar-refractivity contribution in [3.05, 3.63) is 72.9 Å². The van der Waals surface area contributed by atoms with Crippen LogP contribution in [0, 0.1) is 0 Å². The average Bonchev–Trinajstić information content (AvgIpc) is 3.21. The molecule has 0 rings (SSSR count). The molecule has 59 heavy (non-hydrogen) atoms. The van der Waals surface area contributed by atoms with Crippen molar-refractivity contribution < 1.29 is 52.6 Å². The molecule has 0 aromatic carbocycles. The maximum Gasteiger partial charge on any atom is 0.472 e. The van der Waals surface area contributed by atoms with E-state index in [9.17, 15) is 28.9 Å². The van der Waals surface area contributed by atoms with Crippen LogP contribution in [-0.2, 0) is 37.5 Å². The Balaban J connectivity index is 4.53. The third-order valence-electron chi connectivity index (χ3n) is 9.01. The molecule has 0 spiro atoms. The highest BCUT2D eigenvalue weighted by atomic mass is 31.2. The molecule has 0 amide bonds. The highest BCUT2D eigenvalue weighted by molar-refractivity contribution is 7.47. The number of rotatable bonds is 40. The van der Waals surface area contributed by atoms with Gasteiger partial charge >= 0.3 is 25.7 Å². The van der Waals surface area contributed by atoms with Crippen molar-refractivity contribution in [2.24, 2.45) is 5.73 Å². The number of carboxylic acid groups (broad SMARTS) is 1. The van der Waals surface area contributed by atoms with Gasteiger partial charge in [-0.3, -0.25) is 23.4 Å². The summed E-state index contributed by atoms with van der Waals surface area (Å²) in [6, 6.07) is -1.54. The van der Waals surface area contributed by atoms with E-state index in [4.69, 9.17) is 24.8 Å². The molecule has 0 aromatic rings. The molecule has 0 heterocycles. The summed E-state index contributed by atoms with van der Waals surface area (Å²) in [6.45, 7) is 2.59. The number of phosphoric acid groups is 1. The van der Waals surface area contributed by atoms with Gasteiger partial charge in [-0.25, -0.2) is 4.57 Å². The number of nitrogens with two attached hydrogens (primary N) is 1. The Labute approximate surface area is 355 Å². The van der Waals surface area contributed by atoms with Crippen molar-refractivity contribution >= 4 is 25.7 Å². The summed E-state index contributed by atoms with van der Waals surface area (Å²) >= 11 is 0. The zero-order chi connectivity index (χ0) is 43.7. The number of carbonyl (C=O) groups excluding carboxylic acids is 2. The summed E-state index contributed by atoms with van der Waals surface area (Å²) in [5, 5.41) is 18.9. The van der Waals surface area contributed by atoms with Gasteiger partial charge in [-0.15, -0.1) is 0 Å². The van der Waals surface area contributed by atoms with Crippen LogP contribution in [0.4, 0.5) is 0 Å². The third-order valence-corrected chi connectivity index (χ3v) is 9.96. The predicted molar refractivity (Wildman–Crippen MR) is 237 cm³/mol. The second kappa shape index (κ2) is 40.3. The molecule has 12 nitrogen and oxygen atoms in total. The molecule has 1 unspecified atom stereocenters. The summed E-state index contributed by atoms with van der Waals surface area (Å²) in [5.41, 5.74) is 5.33. The van der Waals surface area contributed by atoms with Crippen molar-refractivity contribution in [3.8, 4) is 0 Å². The van der Waals surface area contributed by atoms with Gasteiger partial charge in [0.25, 0.3) is 0 Å². The Morgan fingerprint density at radius 3 is 1.73 bits per heavy atom. The smallest absolute Gasteiger partial charge is 0.472 e. The number of hydrogen-bond acceptors (Lipinski definition) is 10. The number of aliphatic hydroxyl groups excluding tert-OH is 1. The summed E-state index contributed by atoms with van der Waals surface area (Å²) in [5.74, 6) is -2.52. The number of ether oxygens (including phenoxy) is 2. The van der Waals surface area contributed by atoms with E-state index < -0.39 is 63.8 Å². The first-order valence-electron chi connectivity index (χ1n) is 22.1. The quantitative estimate of drug-likeness (QED) is 0.0150. The molecule has 0 saturated heterocycles. The van der Waals surface area contributed by atoms with E-state index in [1.165, 1.54) is 44.9 Å². The maximum absolute atomic E-state index is 12.6. The van der Waals surface area contributed by atoms with Gasteiger partial charge in [0.05, 0.1) is 19.3 Å².